The second kappa shape index (κ2) is 20.9. The molecule has 0 heterocycles. The highest BCUT2D eigenvalue weighted by Gasteiger charge is 2.20. The largest absolute Gasteiger partial charge is 0.480 e. The summed E-state index contributed by atoms with van der Waals surface area (Å²) >= 11 is 0. The molecule has 2 atom stereocenters. The zero-order valence-electron chi connectivity index (χ0n) is 21.9. The third-order valence-electron chi connectivity index (χ3n) is 5.33. The summed E-state index contributed by atoms with van der Waals surface area (Å²) in [6.07, 6.45) is 4.02. The van der Waals surface area contributed by atoms with E-state index in [4.69, 9.17) is 5.11 Å². The highest BCUT2D eigenvalue weighted by Crippen LogP contribution is 2.01. The molecule has 0 spiro atoms. The predicted octanol–water partition coefficient (Wildman–Crippen LogP) is -0.112. The first-order valence-corrected chi connectivity index (χ1v) is 12.8. The molecule has 0 rings (SSSR count). The molecule has 0 aromatic rings. The number of aliphatic carboxylic acids is 2. The van der Waals surface area contributed by atoms with Gasteiger partial charge in [-0.15, -0.1) is 0 Å². The van der Waals surface area contributed by atoms with E-state index in [-0.39, 0.29) is 44.6 Å². The van der Waals surface area contributed by atoms with E-state index in [2.05, 4.69) is 33.5 Å². The van der Waals surface area contributed by atoms with Gasteiger partial charge in [0.15, 0.2) is 0 Å². The maximum atomic E-state index is 12.1. The minimum absolute atomic E-state index is 0.0201. The van der Waals surface area contributed by atoms with Crippen molar-refractivity contribution in [2.45, 2.75) is 90.1 Å². The van der Waals surface area contributed by atoms with Crippen LogP contribution in [0.15, 0.2) is 0 Å². The molecule has 7 N–H and O–H groups in total. The van der Waals surface area contributed by atoms with Crippen LogP contribution >= 0.6 is 0 Å². The lowest BCUT2D eigenvalue weighted by Crippen LogP contribution is -2.41. The number of rotatable bonds is 22. The summed E-state index contributed by atoms with van der Waals surface area (Å²) in [5, 5.41) is 31.7. The molecule has 0 saturated carbocycles. The second-order valence-electron chi connectivity index (χ2n) is 8.74. The Morgan fingerprint density at radius 3 is 1.73 bits per heavy atom. The lowest BCUT2D eigenvalue weighted by atomic mass is 10.1. The molecule has 0 aromatic heterocycles. The molecule has 4 amide bonds. The number of carbonyl (C=O) groups is 6. The quantitative estimate of drug-likeness (QED) is 0.0933. The van der Waals surface area contributed by atoms with Crippen molar-refractivity contribution in [3.8, 4) is 0 Å². The van der Waals surface area contributed by atoms with Gasteiger partial charge in [-0.3, -0.25) is 19.2 Å². The molecule has 0 aromatic carbocycles. The molecule has 0 radical (unpaired) electrons. The van der Waals surface area contributed by atoms with E-state index in [0.29, 0.717) is 38.9 Å². The Balaban J connectivity index is 4.01. The summed E-state index contributed by atoms with van der Waals surface area (Å²) < 4.78 is 0. The van der Waals surface area contributed by atoms with Gasteiger partial charge in [0, 0.05) is 39.3 Å². The number of amides is 4. The fraction of sp³-hybridized carbons (Fsp3) is 0.750. The molecule has 0 fully saturated rings. The average molecular weight is 530 g/mol. The van der Waals surface area contributed by atoms with Crippen molar-refractivity contribution in [3.05, 3.63) is 0 Å². The lowest BCUT2D eigenvalue weighted by Gasteiger charge is -2.15. The van der Waals surface area contributed by atoms with Crippen LogP contribution in [-0.4, -0.2) is 84.0 Å². The molecule has 13 heteroatoms. The van der Waals surface area contributed by atoms with E-state index >= 15 is 0 Å². The van der Waals surface area contributed by atoms with E-state index in [1.165, 1.54) is 6.92 Å². The number of hydrogen-bond acceptors (Lipinski definition) is 7. The molecular formula is C24H43N5O8. The van der Waals surface area contributed by atoms with Crippen LogP contribution in [0.5, 0.6) is 0 Å². The van der Waals surface area contributed by atoms with Crippen LogP contribution in [0.3, 0.4) is 0 Å². The maximum Gasteiger partial charge on any atom is 0.326 e. The molecule has 0 aliphatic heterocycles. The highest BCUT2D eigenvalue weighted by molar-refractivity contribution is 5.84. The van der Waals surface area contributed by atoms with Gasteiger partial charge in [0.1, 0.15) is 12.1 Å². The number of hydrogen-bond donors (Lipinski definition) is 7. The van der Waals surface area contributed by atoms with E-state index in [9.17, 15) is 33.9 Å². The SMILES string of the molecule is CCCCNC(=O)CCCNCCCC(NC(=O)CCCNC(=O)CCC(NC(C)=O)C(=O)O)C(=O)O. The molecule has 0 bridgehead atoms. The van der Waals surface area contributed by atoms with Crippen LogP contribution in [0.4, 0.5) is 0 Å². The first kappa shape index (κ1) is 33.8. The second-order valence-corrected chi connectivity index (χ2v) is 8.74. The van der Waals surface area contributed by atoms with Crippen LogP contribution in [0, 0.1) is 0 Å². The van der Waals surface area contributed by atoms with Crippen molar-refractivity contribution >= 4 is 35.6 Å². The molecule has 212 valence electrons. The van der Waals surface area contributed by atoms with Crippen molar-refractivity contribution in [3.63, 3.8) is 0 Å². The van der Waals surface area contributed by atoms with Gasteiger partial charge in [-0.1, -0.05) is 13.3 Å². The van der Waals surface area contributed by atoms with Crippen LogP contribution in [0.2, 0.25) is 0 Å². The summed E-state index contributed by atoms with van der Waals surface area (Å²) in [5.41, 5.74) is 0. The Morgan fingerprint density at radius 2 is 1.14 bits per heavy atom. The van der Waals surface area contributed by atoms with Crippen molar-refractivity contribution in [2.75, 3.05) is 26.2 Å². The molecular weight excluding hydrogens is 486 g/mol. The fourth-order valence-corrected chi connectivity index (χ4v) is 3.29. The summed E-state index contributed by atoms with van der Waals surface area (Å²) in [7, 11) is 0. The number of carbonyl (C=O) groups excluding carboxylic acids is 4. The minimum atomic E-state index is -1.23. The zero-order chi connectivity index (χ0) is 28.1. The van der Waals surface area contributed by atoms with Gasteiger partial charge in [-0.05, 0) is 51.6 Å². The lowest BCUT2D eigenvalue weighted by molar-refractivity contribution is -0.142. The number of unbranched alkanes of at least 4 members (excludes halogenated alkanes) is 1. The third kappa shape index (κ3) is 19.6. The third-order valence-corrected chi connectivity index (χ3v) is 5.33. The summed E-state index contributed by atoms with van der Waals surface area (Å²) in [4.78, 5) is 69.0. The molecule has 2 unspecified atom stereocenters. The van der Waals surface area contributed by atoms with Crippen LogP contribution in [0.1, 0.15) is 78.1 Å². The highest BCUT2D eigenvalue weighted by atomic mass is 16.4. The van der Waals surface area contributed by atoms with Gasteiger partial charge in [-0.2, -0.15) is 0 Å². The van der Waals surface area contributed by atoms with Crippen LogP contribution in [0.25, 0.3) is 0 Å². The van der Waals surface area contributed by atoms with Crippen LogP contribution < -0.4 is 26.6 Å². The molecule has 0 aliphatic carbocycles. The van der Waals surface area contributed by atoms with Gasteiger partial charge in [0.25, 0.3) is 0 Å². The smallest absolute Gasteiger partial charge is 0.326 e. The Kier molecular flexibility index (Phi) is 19.1. The number of nitrogens with one attached hydrogen (secondary N) is 5. The van der Waals surface area contributed by atoms with Gasteiger partial charge < -0.3 is 36.8 Å². The molecule has 0 saturated heterocycles. The summed E-state index contributed by atoms with van der Waals surface area (Å²) in [6.45, 7) is 5.31. The van der Waals surface area contributed by atoms with Crippen molar-refractivity contribution < 1.29 is 39.0 Å². The van der Waals surface area contributed by atoms with E-state index in [1.807, 2.05) is 0 Å². The van der Waals surface area contributed by atoms with Crippen molar-refractivity contribution in [1.29, 1.82) is 0 Å². The number of carboxylic acids is 2. The Morgan fingerprint density at radius 1 is 0.622 bits per heavy atom. The molecule has 0 aliphatic rings. The predicted molar refractivity (Wildman–Crippen MR) is 136 cm³/mol. The number of carboxylic acid groups (broad SMARTS) is 2. The minimum Gasteiger partial charge on any atom is -0.480 e. The topological polar surface area (TPSA) is 203 Å². The first-order chi connectivity index (χ1) is 17.6. The maximum absolute atomic E-state index is 12.1. The van der Waals surface area contributed by atoms with E-state index < -0.39 is 41.7 Å². The molecule has 37 heavy (non-hydrogen) atoms. The van der Waals surface area contributed by atoms with Gasteiger partial charge in [0.05, 0.1) is 0 Å². The molecule has 13 nitrogen and oxygen atoms in total. The fourth-order valence-electron chi connectivity index (χ4n) is 3.29. The summed E-state index contributed by atoms with van der Waals surface area (Å²) in [6, 6.07) is -2.17. The summed E-state index contributed by atoms with van der Waals surface area (Å²) in [5.74, 6) is -3.69. The standard InChI is InChI=1S/C24H43N5O8/c1-3-4-15-26-20(31)9-6-14-25-13-5-8-18(23(34)35)29-22(33)10-7-16-27-21(32)12-11-19(24(36)37)28-17(2)30/h18-19,25H,3-16H2,1-2H3,(H,26,31)(H,27,32)(H,28,30)(H,29,33)(H,34,35)(H,36,37). The van der Waals surface area contributed by atoms with Gasteiger partial charge in [0.2, 0.25) is 23.6 Å². The zero-order valence-corrected chi connectivity index (χ0v) is 21.9. The van der Waals surface area contributed by atoms with Crippen molar-refractivity contribution in [1.82, 2.24) is 26.6 Å². The average Bonchev–Trinajstić information content (AvgIpc) is 2.82. The Bertz CT molecular complexity index is 747. The first-order valence-electron chi connectivity index (χ1n) is 12.8. The van der Waals surface area contributed by atoms with E-state index in [1.54, 1.807) is 0 Å². The van der Waals surface area contributed by atoms with Crippen molar-refractivity contribution in [2.24, 2.45) is 0 Å². The monoisotopic (exact) mass is 529 g/mol. The normalized spacial score (nSPS) is 12.2. The van der Waals surface area contributed by atoms with Gasteiger partial charge in [-0.25, -0.2) is 9.59 Å². The van der Waals surface area contributed by atoms with E-state index in [0.717, 1.165) is 12.8 Å². The Labute approximate surface area is 217 Å². The van der Waals surface area contributed by atoms with Gasteiger partial charge >= 0.3 is 11.9 Å². The van der Waals surface area contributed by atoms with Crippen LogP contribution in [-0.2, 0) is 28.8 Å². The Hall–Kier alpha value is -3.22.